The summed E-state index contributed by atoms with van der Waals surface area (Å²) < 4.78 is 21.4. The van der Waals surface area contributed by atoms with E-state index >= 15 is 0 Å². The first-order valence-corrected chi connectivity index (χ1v) is 9.60. The van der Waals surface area contributed by atoms with Gasteiger partial charge in [0.2, 0.25) is 17.6 Å². The number of nitrogens with one attached hydrogen (secondary N) is 1. The predicted molar refractivity (Wildman–Crippen MR) is 111 cm³/mol. The Morgan fingerprint density at radius 2 is 1.83 bits per heavy atom. The molecule has 0 saturated carbocycles. The van der Waals surface area contributed by atoms with Gasteiger partial charge in [-0.1, -0.05) is 22.9 Å². The Morgan fingerprint density at radius 3 is 2.57 bits per heavy atom. The van der Waals surface area contributed by atoms with Crippen LogP contribution < -0.4 is 19.5 Å². The molecule has 0 spiro atoms. The number of aromatic nitrogens is 2. The van der Waals surface area contributed by atoms with Crippen LogP contribution in [0, 0.1) is 6.92 Å². The third-order valence-electron chi connectivity index (χ3n) is 4.39. The molecule has 8 nitrogen and oxygen atoms in total. The molecule has 0 atom stereocenters. The molecule has 0 aliphatic rings. The van der Waals surface area contributed by atoms with Gasteiger partial charge in [-0.2, -0.15) is 4.98 Å². The number of methoxy groups -OCH3 is 2. The molecule has 1 amide bonds. The van der Waals surface area contributed by atoms with Crippen LogP contribution in [0.1, 0.15) is 24.3 Å². The molecule has 30 heavy (non-hydrogen) atoms. The molecular weight excluding hydrogens is 386 g/mol. The highest BCUT2D eigenvalue weighted by Gasteiger charge is 2.15. The summed E-state index contributed by atoms with van der Waals surface area (Å²) in [5.41, 5.74) is 1.85. The van der Waals surface area contributed by atoms with Crippen molar-refractivity contribution < 1.29 is 23.5 Å². The minimum Gasteiger partial charge on any atom is -0.497 e. The van der Waals surface area contributed by atoms with Crippen LogP contribution in [-0.2, 0) is 11.3 Å². The van der Waals surface area contributed by atoms with E-state index in [0.717, 1.165) is 5.75 Å². The fraction of sp³-hybridized carbons (Fsp3) is 0.318. The highest BCUT2D eigenvalue weighted by atomic mass is 16.5. The van der Waals surface area contributed by atoms with E-state index in [-0.39, 0.29) is 12.5 Å². The van der Waals surface area contributed by atoms with Gasteiger partial charge >= 0.3 is 0 Å². The fourth-order valence-corrected chi connectivity index (χ4v) is 2.74. The lowest BCUT2D eigenvalue weighted by molar-refractivity contribution is -0.121. The molecule has 2 aromatic carbocycles. The van der Waals surface area contributed by atoms with Crippen molar-refractivity contribution in [3.8, 4) is 28.6 Å². The third-order valence-corrected chi connectivity index (χ3v) is 4.39. The SMILES string of the molecule is COc1ccc(-c2noc(CNC(=O)CCCOc3ccc(C)cc3)n2)c(OC)c1. The molecule has 1 aromatic heterocycles. The average molecular weight is 411 g/mol. The summed E-state index contributed by atoms with van der Waals surface area (Å²) >= 11 is 0. The van der Waals surface area contributed by atoms with E-state index in [9.17, 15) is 4.79 Å². The molecule has 0 aliphatic carbocycles. The predicted octanol–water partition coefficient (Wildman–Crippen LogP) is 3.54. The maximum Gasteiger partial charge on any atom is 0.246 e. The van der Waals surface area contributed by atoms with Crippen molar-refractivity contribution >= 4 is 5.91 Å². The summed E-state index contributed by atoms with van der Waals surface area (Å²) in [6.45, 7) is 2.65. The van der Waals surface area contributed by atoms with Gasteiger partial charge in [-0.25, -0.2) is 0 Å². The maximum absolute atomic E-state index is 12.0. The van der Waals surface area contributed by atoms with E-state index < -0.39 is 0 Å². The molecule has 8 heteroatoms. The maximum atomic E-state index is 12.0. The second-order valence-corrected chi connectivity index (χ2v) is 6.62. The minimum absolute atomic E-state index is 0.107. The monoisotopic (exact) mass is 411 g/mol. The van der Waals surface area contributed by atoms with E-state index in [4.69, 9.17) is 18.7 Å². The van der Waals surface area contributed by atoms with Gasteiger partial charge in [-0.15, -0.1) is 0 Å². The highest BCUT2D eigenvalue weighted by Crippen LogP contribution is 2.31. The Labute approximate surface area is 175 Å². The Bertz CT molecular complexity index is 969. The molecule has 0 bridgehead atoms. The number of benzene rings is 2. The topological polar surface area (TPSA) is 95.7 Å². The first-order valence-electron chi connectivity index (χ1n) is 9.60. The van der Waals surface area contributed by atoms with Crippen molar-refractivity contribution in [3.63, 3.8) is 0 Å². The second-order valence-electron chi connectivity index (χ2n) is 6.62. The largest absolute Gasteiger partial charge is 0.497 e. The van der Waals surface area contributed by atoms with Crippen LogP contribution in [0.5, 0.6) is 17.2 Å². The highest BCUT2D eigenvalue weighted by molar-refractivity contribution is 5.75. The van der Waals surface area contributed by atoms with Gasteiger partial charge in [-0.05, 0) is 37.6 Å². The molecule has 0 fully saturated rings. The molecule has 3 aromatic rings. The number of hydrogen-bond acceptors (Lipinski definition) is 7. The smallest absolute Gasteiger partial charge is 0.246 e. The molecule has 1 heterocycles. The number of carbonyl (C=O) groups excluding carboxylic acids is 1. The Morgan fingerprint density at radius 1 is 1.07 bits per heavy atom. The van der Waals surface area contributed by atoms with Crippen molar-refractivity contribution in [1.29, 1.82) is 0 Å². The second kappa shape index (κ2) is 10.3. The summed E-state index contributed by atoms with van der Waals surface area (Å²) in [5, 5.41) is 6.74. The number of amides is 1. The normalized spacial score (nSPS) is 10.5. The van der Waals surface area contributed by atoms with Crippen LogP contribution >= 0.6 is 0 Å². The quantitative estimate of drug-likeness (QED) is 0.510. The van der Waals surface area contributed by atoms with Gasteiger partial charge < -0.3 is 24.1 Å². The Hall–Kier alpha value is -3.55. The van der Waals surface area contributed by atoms with Crippen LogP contribution in [0.4, 0.5) is 0 Å². The van der Waals surface area contributed by atoms with Crippen molar-refractivity contribution in [1.82, 2.24) is 15.5 Å². The van der Waals surface area contributed by atoms with Gasteiger partial charge in [0.25, 0.3) is 0 Å². The van der Waals surface area contributed by atoms with Gasteiger partial charge in [-0.3, -0.25) is 4.79 Å². The van der Waals surface area contributed by atoms with Crippen molar-refractivity contribution in [2.24, 2.45) is 0 Å². The van der Waals surface area contributed by atoms with Crippen molar-refractivity contribution in [3.05, 3.63) is 53.9 Å². The first kappa shape index (κ1) is 21.2. The van der Waals surface area contributed by atoms with Crippen molar-refractivity contribution in [2.45, 2.75) is 26.3 Å². The van der Waals surface area contributed by atoms with Gasteiger partial charge in [0.15, 0.2) is 0 Å². The van der Waals surface area contributed by atoms with Crippen molar-refractivity contribution in [2.75, 3.05) is 20.8 Å². The van der Waals surface area contributed by atoms with Gasteiger partial charge in [0.1, 0.15) is 17.2 Å². The molecular formula is C22H25N3O5. The lowest BCUT2D eigenvalue weighted by Crippen LogP contribution is -2.23. The zero-order valence-electron chi connectivity index (χ0n) is 17.3. The van der Waals surface area contributed by atoms with E-state index in [2.05, 4.69) is 15.5 Å². The number of carbonyl (C=O) groups is 1. The Balaban J connectivity index is 1.45. The zero-order valence-corrected chi connectivity index (χ0v) is 17.3. The number of ether oxygens (including phenoxy) is 3. The molecule has 158 valence electrons. The standard InChI is InChI=1S/C22H25N3O5/c1-15-6-8-16(9-7-15)29-12-4-5-20(26)23-14-21-24-22(25-30-21)18-11-10-17(27-2)13-19(18)28-3/h6-11,13H,4-5,12,14H2,1-3H3,(H,23,26). The van der Waals surface area contributed by atoms with E-state index in [1.165, 1.54) is 5.56 Å². The summed E-state index contributed by atoms with van der Waals surface area (Å²) in [4.78, 5) is 16.4. The summed E-state index contributed by atoms with van der Waals surface area (Å²) in [6.07, 6.45) is 0.955. The molecule has 0 radical (unpaired) electrons. The zero-order chi connectivity index (χ0) is 21.3. The average Bonchev–Trinajstić information content (AvgIpc) is 3.25. The van der Waals surface area contributed by atoms with Gasteiger partial charge in [0.05, 0.1) is 32.9 Å². The first-order chi connectivity index (χ1) is 14.6. The number of nitrogens with zero attached hydrogens (tertiary/aromatic N) is 2. The number of hydrogen-bond donors (Lipinski definition) is 1. The van der Waals surface area contributed by atoms with Crippen LogP contribution in [0.15, 0.2) is 47.0 Å². The molecule has 0 aliphatic heterocycles. The summed E-state index contributed by atoms with van der Waals surface area (Å²) in [6, 6.07) is 13.1. The minimum atomic E-state index is -0.107. The van der Waals surface area contributed by atoms with E-state index in [0.29, 0.717) is 48.2 Å². The van der Waals surface area contributed by atoms with Gasteiger partial charge in [0, 0.05) is 12.5 Å². The summed E-state index contributed by atoms with van der Waals surface area (Å²) in [7, 11) is 3.14. The molecule has 0 unspecified atom stereocenters. The Kier molecular flexibility index (Phi) is 7.26. The van der Waals surface area contributed by atoms with E-state index in [1.54, 1.807) is 32.4 Å². The fourth-order valence-electron chi connectivity index (χ4n) is 2.74. The van der Waals surface area contributed by atoms with Crippen LogP contribution in [-0.4, -0.2) is 36.9 Å². The van der Waals surface area contributed by atoms with Crippen LogP contribution in [0.3, 0.4) is 0 Å². The van der Waals surface area contributed by atoms with Crippen LogP contribution in [0.2, 0.25) is 0 Å². The number of aryl methyl sites for hydroxylation is 1. The number of rotatable bonds is 10. The molecule has 0 saturated heterocycles. The lowest BCUT2D eigenvalue weighted by Gasteiger charge is -2.07. The lowest BCUT2D eigenvalue weighted by atomic mass is 10.2. The summed E-state index contributed by atoms with van der Waals surface area (Å²) in [5.74, 6) is 2.62. The molecule has 3 rings (SSSR count). The molecule has 1 N–H and O–H groups in total. The third kappa shape index (κ3) is 5.73. The van der Waals surface area contributed by atoms with E-state index in [1.807, 2.05) is 31.2 Å². The van der Waals surface area contributed by atoms with Crippen LogP contribution in [0.25, 0.3) is 11.4 Å².